The summed E-state index contributed by atoms with van der Waals surface area (Å²) in [6.07, 6.45) is 3.23. The van der Waals surface area contributed by atoms with Crippen molar-refractivity contribution < 1.29 is 27.8 Å². The fourth-order valence-corrected chi connectivity index (χ4v) is 3.10. The number of benzene rings is 1. The van der Waals surface area contributed by atoms with Gasteiger partial charge in [0.15, 0.2) is 11.5 Å². The Hall–Kier alpha value is -3.39. The van der Waals surface area contributed by atoms with Gasteiger partial charge in [0.1, 0.15) is 17.3 Å². The number of nitrogens with zero attached hydrogens (tertiary/aromatic N) is 1. The quantitative estimate of drug-likeness (QED) is 0.516. The molecule has 0 saturated heterocycles. The number of ether oxygens (including phenoxy) is 3. The summed E-state index contributed by atoms with van der Waals surface area (Å²) in [7, 11) is 4.69. The Labute approximate surface area is 175 Å². The molecule has 3 rings (SSSR count). The van der Waals surface area contributed by atoms with Crippen LogP contribution in [0.25, 0.3) is 0 Å². The number of hydrogen-bond donors (Lipinski definition) is 1. The van der Waals surface area contributed by atoms with Crippen LogP contribution in [-0.2, 0) is 24.4 Å². The van der Waals surface area contributed by atoms with Gasteiger partial charge in [-0.2, -0.15) is 0 Å². The van der Waals surface area contributed by atoms with Gasteiger partial charge in [0.25, 0.3) is 0 Å². The molecule has 0 aliphatic heterocycles. The highest BCUT2D eigenvalue weighted by atomic mass is 16.5. The van der Waals surface area contributed by atoms with Crippen molar-refractivity contribution in [3.8, 4) is 17.2 Å². The van der Waals surface area contributed by atoms with E-state index >= 15 is 0 Å². The zero-order chi connectivity index (χ0) is 21.3. The van der Waals surface area contributed by atoms with Crippen molar-refractivity contribution in [1.82, 2.24) is 10.2 Å². The predicted octanol–water partition coefficient (Wildman–Crippen LogP) is 3.22. The van der Waals surface area contributed by atoms with Crippen LogP contribution in [0.4, 0.5) is 0 Å². The van der Waals surface area contributed by atoms with Crippen LogP contribution in [0.15, 0.2) is 57.8 Å². The molecule has 0 aliphatic carbocycles. The average molecular weight is 414 g/mol. The Morgan fingerprint density at radius 3 is 1.97 bits per heavy atom. The highest BCUT2D eigenvalue weighted by Gasteiger charge is 2.16. The Kier molecular flexibility index (Phi) is 7.40. The molecule has 8 heteroatoms. The first-order valence-electron chi connectivity index (χ1n) is 9.45. The normalized spacial score (nSPS) is 10.8. The van der Waals surface area contributed by atoms with E-state index in [1.54, 1.807) is 46.0 Å². The first kappa shape index (κ1) is 21.3. The molecule has 1 N–H and O–H groups in total. The van der Waals surface area contributed by atoms with Crippen LogP contribution in [0.1, 0.15) is 17.1 Å². The molecule has 8 nitrogen and oxygen atoms in total. The highest BCUT2D eigenvalue weighted by Crippen LogP contribution is 2.34. The number of amides is 1. The molecule has 0 fully saturated rings. The van der Waals surface area contributed by atoms with E-state index in [1.807, 2.05) is 29.2 Å². The van der Waals surface area contributed by atoms with Gasteiger partial charge in [-0.15, -0.1) is 0 Å². The van der Waals surface area contributed by atoms with Crippen molar-refractivity contribution in [2.75, 3.05) is 27.9 Å². The van der Waals surface area contributed by atoms with E-state index in [1.165, 1.54) is 0 Å². The van der Waals surface area contributed by atoms with Crippen LogP contribution in [0.3, 0.4) is 0 Å². The van der Waals surface area contributed by atoms with Gasteiger partial charge < -0.3 is 28.4 Å². The van der Waals surface area contributed by atoms with Crippen molar-refractivity contribution in [3.05, 3.63) is 66.0 Å². The van der Waals surface area contributed by atoms with Crippen molar-refractivity contribution >= 4 is 5.91 Å². The number of nitrogens with one attached hydrogen (secondary N) is 1. The summed E-state index contributed by atoms with van der Waals surface area (Å²) in [5.41, 5.74) is 0.784. The van der Waals surface area contributed by atoms with Crippen LogP contribution in [0, 0.1) is 0 Å². The molecule has 2 heterocycles. The molecule has 0 atom stereocenters. The van der Waals surface area contributed by atoms with Crippen LogP contribution in [0.2, 0.25) is 0 Å². The number of carbonyl (C=O) groups excluding carboxylic acids is 1. The molecule has 1 amide bonds. The molecule has 0 aliphatic rings. The smallest absolute Gasteiger partial charge is 0.234 e. The maximum Gasteiger partial charge on any atom is 0.234 e. The summed E-state index contributed by atoms with van der Waals surface area (Å²) >= 11 is 0. The minimum Gasteiger partial charge on any atom is -0.496 e. The second-order valence-corrected chi connectivity index (χ2v) is 6.60. The van der Waals surface area contributed by atoms with Gasteiger partial charge in [0.05, 0.1) is 53.5 Å². The van der Waals surface area contributed by atoms with Gasteiger partial charge in [0.2, 0.25) is 5.91 Å². The molecular formula is C22H26N2O6. The fraction of sp³-hybridized carbons (Fsp3) is 0.318. The topological polar surface area (TPSA) is 86.3 Å². The van der Waals surface area contributed by atoms with Crippen molar-refractivity contribution in [2.24, 2.45) is 0 Å². The first-order valence-corrected chi connectivity index (χ1v) is 9.45. The molecule has 2 aromatic heterocycles. The summed E-state index contributed by atoms with van der Waals surface area (Å²) in [5, 5.41) is 2.93. The maximum atomic E-state index is 12.7. The van der Waals surface area contributed by atoms with Crippen LogP contribution in [-0.4, -0.2) is 38.7 Å². The highest BCUT2D eigenvalue weighted by molar-refractivity contribution is 5.78. The van der Waals surface area contributed by atoms with Crippen molar-refractivity contribution in [2.45, 2.75) is 19.6 Å². The summed E-state index contributed by atoms with van der Waals surface area (Å²) in [6.45, 7) is 1.44. The molecule has 160 valence electrons. The van der Waals surface area contributed by atoms with E-state index in [4.69, 9.17) is 23.0 Å². The van der Waals surface area contributed by atoms with Gasteiger partial charge in [-0.1, -0.05) is 0 Å². The molecule has 0 radical (unpaired) electrons. The summed E-state index contributed by atoms with van der Waals surface area (Å²) in [4.78, 5) is 14.6. The molecule has 30 heavy (non-hydrogen) atoms. The number of carbonyl (C=O) groups is 1. The third-order valence-corrected chi connectivity index (χ3v) is 4.55. The lowest BCUT2D eigenvalue weighted by atomic mass is 10.1. The van der Waals surface area contributed by atoms with Crippen molar-refractivity contribution in [1.29, 1.82) is 0 Å². The van der Waals surface area contributed by atoms with Crippen LogP contribution < -0.4 is 19.5 Å². The molecule has 0 unspecified atom stereocenters. The first-order chi connectivity index (χ1) is 14.6. The fourth-order valence-electron chi connectivity index (χ4n) is 3.10. The standard InChI is InChI=1S/C22H26N2O6/c1-26-19-11-21(28-3)20(27-2)10-16(19)12-23-22(25)15-24(13-17-6-4-8-29-17)14-18-7-5-9-30-18/h4-11H,12-15H2,1-3H3,(H,23,25). The molecule has 0 saturated carbocycles. The SMILES string of the molecule is COc1cc(OC)c(OC)cc1CNC(=O)CN(Cc1ccco1)Cc1ccco1. The van der Waals surface area contributed by atoms with Gasteiger partial charge in [-0.3, -0.25) is 9.69 Å². The van der Waals surface area contributed by atoms with Gasteiger partial charge in [0, 0.05) is 18.2 Å². The molecule has 1 aromatic carbocycles. The van der Waals surface area contributed by atoms with E-state index in [-0.39, 0.29) is 19.0 Å². The number of hydrogen-bond acceptors (Lipinski definition) is 7. The van der Waals surface area contributed by atoms with Gasteiger partial charge >= 0.3 is 0 Å². The Morgan fingerprint density at radius 1 is 0.900 bits per heavy atom. The molecular weight excluding hydrogens is 388 g/mol. The van der Waals surface area contributed by atoms with Gasteiger partial charge in [-0.25, -0.2) is 0 Å². The zero-order valence-electron chi connectivity index (χ0n) is 17.3. The summed E-state index contributed by atoms with van der Waals surface area (Å²) < 4.78 is 26.9. The molecule has 0 spiro atoms. The number of methoxy groups -OCH3 is 3. The zero-order valence-corrected chi connectivity index (χ0v) is 17.3. The van der Waals surface area contributed by atoms with Crippen LogP contribution in [0.5, 0.6) is 17.2 Å². The second kappa shape index (κ2) is 10.4. The Balaban J connectivity index is 1.65. The summed E-state index contributed by atoms with van der Waals surface area (Å²) in [6, 6.07) is 10.9. The van der Waals surface area contributed by atoms with Crippen molar-refractivity contribution in [3.63, 3.8) is 0 Å². The third-order valence-electron chi connectivity index (χ3n) is 4.55. The third kappa shape index (κ3) is 5.57. The molecule has 0 bridgehead atoms. The maximum absolute atomic E-state index is 12.7. The van der Waals surface area contributed by atoms with E-state index in [9.17, 15) is 4.79 Å². The second-order valence-electron chi connectivity index (χ2n) is 6.60. The lowest BCUT2D eigenvalue weighted by Gasteiger charge is -2.20. The van der Waals surface area contributed by atoms with E-state index in [2.05, 4.69) is 5.32 Å². The minimum atomic E-state index is -0.134. The predicted molar refractivity (Wildman–Crippen MR) is 109 cm³/mol. The van der Waals surface area contributed by atoms with E-state index < -0.39 is 0 Å². The number of furan rings is 2. The van der Waals surface area contributed by atoms with Crippen LogP contribution >= 0.6 is 0 Å². The number of rotatable bonds is 11. The van der Waals surface area contributed by atoms with Gasteiger partial charge in [-0.05, 0) is 30.3 Å². The molecule has 3 aromatic rings. The average Bonchev–Trinajstić information content (AvgIpc) is 3.45. The largest absolute Gasteiger partial charge is 0.496 e. The lowest BCUT2D eigenvalue weighted by Crippen LogP contribution is -2.36. The summed E-state index contributed by atoms with van der Waals surface area (Å²) in [5.74, 6) is 3.15. The van der Waals surface area contributed by atoms with E-state index in [0.717, 1.165) is 17.1 Å². The Bertz CT molecular complexity index is 885. The van der Waals surface area contributed by atoms with E-state index in [0.29, 0.717) is 30.3 Å². The monoisotopic (exact) mass is 414 g/mol. The lowest BCUT2D eigenvalue weighted by molar-refractivity contribution is -0.122. The minimum absolute atomic E-state index is 0.134. The Morgan fingerprint density at radius 2 is 1.47 bits per heavy atom.